The molecule has 26 heavy (non-hydrogen) atoms. The number of piperidine rings is 1. The lowest BCUT2D eigenvalue weighted by molar-refractivity contribution is 0.0968. The number of benzene rings is 2. The summed E-state index contributed by atoms with van der Waals surface area (Å²) in [4.78, 5) is 2.54. The van der Waals surface area contributed by atoms with E-state index in [1.54, 1.807) is 12.1 Å². The molecule has 1 aliphatic heterocycles. The highest BCUT2D eigenvalue weighted by atomic mass is 16.3. The molecular weight excluding hydrogens is 322 g/mol. The minimum atomic E-state index is -0.466. The van der Waals surface area contributed by atoms with E-state index in [0.717, 1.165) is 24.4 Å². The predicted molar refractivity (Wildman–Crippen MR) is 106 cm³/mol. The Kier molecular flexibility index (Phi) is 6.70. The summed E-state index contributed by atoms with van der Waals surface area (Å²) in [5, 5.41) is 19.9. The number of likely N-dealkylation sites (tertiary alicyclic amines) is 1. The molecule has 0 saturated carbocycles. The first-order chi connectivity index (χ1) is 12.6. The molecule has 0 aliphatic carbocycles. The van der Waals surface area contributed by atoms with Crippen LogP contribution in [0.3, 0.4) is 0 Å². The molecule has 3 nitrogen and oxygen atoms in total. The first-order valence-electron chi connectivity index (χ1n) is 9.85. The number of phenols is 1. The quantitative estimate of drug-likeness (QED) is 0.775. The zero-order valence-electron chi connectivity index (χ0n) is 15.7. The fourth-order valence-corrected chi connectivity index (χ4v) is 3.91. The van der Waals surface area contributed by atoms with Gasteiger partial charge in [0.25, 0.3) is 0 Å². The molecule has 3 rings (SSSR count). The van der Waals surface area contributed by atoms with E-state index < -0.39 is 6.10 Å². The summed E-state index contributed by atoms with van der Waals surface area (Å²) >= 11 is 0. The van der Waals surface area contributed by atoms with Crippen LogP contribution in [0.2, 0.25) is 0 Å². The van der Waals surface area contributed by atoms with Gasteiger partial charge < -0.3 is 15.1 Å². The first-order valence-corrected chi connectivity index (χ1v) is 9.85. The summed E-state index contributed by atoms with van der Waals surface area (Å²) in [6.45, 7) is 5.49. The van der Waals surface area contributed by atoms with Crippen molar-refractivity contribution >= 4 is 0 Å². The largest absolute Gasteiger partial charge is 0.508 e. The van der Waals surface area contributed by atoms with E-state index in [4.69, 9.17) is 0 Å². The SMILES string of the molecule is C[C@@H](CCN1CCC(Cc2ccccc2)CC1)[C@@H](O)c1ccc(O)cc1. The summed E-state index contributed by atoms with van der Waals surface area (Å²) in [6.07, 6.45) is 4.26. The highest BCUT2D eigenvalue weighted by Crippen LogP contribution is 2.27. The summed E-state index contributed by atoms with van der Waals surface area (Å²) in [7, 11) is 0. The Morgan fingerprint density at radius 2 is 1.65 bits per heavy atom. The summed E-state index contributed by atoms with van der Waals surface area (Å²) in [6, 6.07) is 17.7. The predicted octanol–water partition coefficient (Wildman–Crippen LogP) is 4.41. The maximum Gasteiger partial charge on any atom is 0.115 e. The molecule has 0 unspecified atom stereocenters. The number of nitrogens with zero attached hydrogens (tertiary/aromatic N) is 1. The number of hydrogen-bond donors (Lipinski definition) is 2. The fourth-order valence-electron chi connectivity index (χ4n) is 3.91. The van der Waals surface area contributed by atoms with Crippen LogP contribution in [0.15, 0.2) is 54.6 Å². The average Bonchev–Trinajstić information content (AvgIpc) is 2.68. The van der Waals surface area contributed by atoms with Gasteiger partial charge in [-0.2, -0.15) is 0 Å². The van der Waals surface area contributed by atoms with E-state index in [2.05, 4.69) is 42.2 Å². The van der Waals surface area contributed by atoms with Gasteiger partial charge in [0.2, 0.25) is 0 Å². The normalized spacial score (nSPS) is 18.5. The Balaban J connectivity index is 1.39. The molecule has 1 fully saturated rings. The summed E-state index contributed by atoms with van der Waals surface area (Å²) < 4.78 is 0. The third kappa shape index (κ3) is 5.33. The third-order valence-corrected chi connectivity index (χ3v) is 5.75. The van der Waals surface area contributed by atoms with Gasteiger partial charge in [0.05, 0.1) is 6.10 Å². The highest BCUT2D eigenvalue weighted by Gasteiger charge is 2.22. The second-order valence-electron chi connectivity index (χ2n) is 7.78. The van der Waals surface area contributed by atoms with Gasteiger partial charge in [-0.15, -0.1) is 0 Å². The Labute approximate surface area is 157 Å². The number of aliphatic hydroxyl groups excluding tert-OH is 1. The third-order valence-electron chi connectivity index (χ3n) is 5.75. The summed E-state index contributed by atoms with van der Waals surface area (Å²) in [5.41, 5.74) is 2.34. The van der Waals surface area contributed by atoms with Crippen LogP contribution in [0, 0.1) is 11.8 Å². The van der Waals surface area contributed by atoms with Gasteiger partial charge in [-0.3, -0.25) is 0 Å². The Morgan fingerprint density at radius 1 is 1.00 bits per heavy atom. The monoisotopic (exact) mass is 353 g/mol. The van der Waals surface area contributed by atoms with Gasteiger partial charge in [0.1, 0.15) is 5.75 Å². The summed E-state index contributed by atoms with van der Waals surface area (Å²) in [5.74, 6) is 1.25. The first kappa shape index (κ1) is 18.9. The smallest absolute Gasteiger partial charge is 0.115 e. The second-order valence-corrected chi connectivity index (χ2v) is 7.78. The molecule has 1 aliphatic rings. The fraction of sp³-hybridized carbons (Fsp3) is 0.478. The molecule has 0 spiro atoms. The Morgan fingerprint density at radius 3 is 2.31 bits per heavy atom. The molecule has 2 atom stereocenters. The minimum Gasteiger partial charge on any atom is -0.508 e. The lowest BCUT2D eigenvalue weighted by Crippen LogP contribution is -2.35. The van der Waals surface area contributed by atoms with Gasteiger partial charge in [0.15, 0.2) is 0 Å². The van der Waals surface area contributed by atoms with Crippen LogP contribution in [-0.4, -0.2) is 34.7 Å². The van der Waals surface area contributed by atoms with Crippen molar-refractivity contribution < 1.29 is 10.2 Å². The average molecular weight is 354 g/mol. The molecule has 0 radical (unpaired) electrons. The number of aromatic hydroxyl groups is 1. The van der Waals surface area contributed by atoms with Gasteiger partial charge in [0, 0.05) is 0 Å². The van der Waals surface area contributed by atoms with Crippen LogP contribution >= 0.6 is 0 Å². The number of rotatable bonds is 7. The molecule has 3 heteroatoms. The van der Waals surface area contributed by atoms with Crippen LogP contribution < -0.4 is 0 Å². The van der Waals surface area contributed by atoms with Crippen LogP contribution in [0.4, 0.5) is 0 Å². The minimum absolute atomic E-state index is 0.210. The zero-order chi connectivity index (χ0) is 18.4. The van der Waals surface area contributed by atoms with E-state index in [-0.39, 0.29) is 11.7 Å². The molecule has 1 heterocycles. The lowest BCUT2D eigenvalue weighted by Gasteiger charge is -2.33. The lowest BCUT2D eigenvalue weighted by atomic mass is 9.89. The van der Waals surface area contributed by atoms with Gasteiger partial charge in [-0.1, -0.05) is 49.4 Å². The molecular formula is C23H31NO2. The second kappa shape index (κ2) is 9.20. The van der Waals surface area contributed by atoms with Crippen LogP contribution in [0.25, 0.3) is 0 Å². The molecule has 2 aromatic rings. The molecule has 0 amide bonds. The maximum atomic E-state index is 10.5. The van der Waals surface area contributed by atoms with Crippen molar-refractivity contribution in [1.29, 1.82) is 0 Å². The Bertz CT molecular complexity index is 648. The van der Waals surface area contributed by atoms with E-state index in [1.807, 2.05) is 12.1 Å². The zero-order valence-corrected chi connectivity index (χ0v) is 15.7. The molecule has 2 N–H and O–H groups in total. The van der Waals surface area contributed by atoms with Crippen LogP contribution in [-0.2, 0) is 6.42 Å². The molecule has 140 valence electrons. The maximum absolute atomic E-state index is 10.5. The van der Waals surface area contributed by atoms with Crippen molar-refractivity contribution in [2.75, 3.05) is 19.6 Å². The van der Waals surface area contributed by atoms with Crippen molar-refractivity contribution in [3.05, 3.63) is 65.7 Å². The van der Waals surface area contributed by atoms with Gasteiger partial charge in [-0.25, -0.2) is 0 Å². The highest BCUT2D eigenvalue weighted by molar-refractivity contribution is 5.27. The Hall–Kier alpha value is -1.84. The van der Waals surface area contributed by atoms with Gasteiger partial charge >= 0.3 is 0 Å². The van der Waals surface area contributed by atoms with Crippen molar-refractivity contribution in [2.24, 2.45) is 11.8 Å². The molecule has 1 saturated heterocycles. The van der Waals surface area contributed by atoms with E-state index in [0.29, 0.717) is 0 Å². The van der Waals surface area contributed by atoms with E-state index >= 15 is 0 Å². The van der Waals surface area contributed by atoms with Gasteiger partial charge in [-0.05, 0) is 80.4 Å². The number of aliphatic hydroxyl groups is 1. The van der Waals surface area contributed by atoms with E-state index in [1.165, 1.54) is 37.9 Å². The molecule has 0 bridgehead atoms. The van der Waals surface area contributed by atoms with E-state index in [9.17, 15) is 10.2 Å². The van der Waals surface area contributed by atoms with Crippen LogP contribution in [0.5, 0.6) is 5.75 Å². The number of phenolic OH excluding ortho intramolecular Hbond substituents is 1. The molecule has 0 aromatic heterocycles. The van der Waals surface area contributed by atoms with Crippen molar-refractivity contribution in [1.82, 2.24) is 4.90 Å². The van der Waals surface area contributed by atoms with Crippen molar-refractivity contribution in [3.63, 3.8) is 0 Å². The topological polar surface area (TPSA) is 43.7 Å². The van der Waals surface area contributed by atoms with Crippen LogP contribution in [0.1, 0.15) is 43.4 Å². The number of hydrogen-bond acceptors (Lipinski definition) is 3. The molecule has 2 aromatic carbocycles. The standard InChI is InChI=1S/C23H31NO2/c1-18(23(26)21-7-9-22(25)10-8-21)11-14-24-15-12-20(13-16-24)17-19-5-3-2-4-6-19/h2-10,18,20,23,25-26H,11-17H2,1H3/t18-,23+/m0/s1. The van der Waals surface area contributed by atoms with Crippen molar-refractivity contribution in [3.8, 4) is 5.75 Å². The van der Waals surface area contributed by atoms with Crippen molar-refractivity contribution in [2.45, 2.75) is 38.7 Å².